The van der Waals surface area contributed by atoms with Crippen LogP contribution in [0.4, 0.5) is 0 Å². The molecule has 1 amide bonds. The van der Waals surface area contributed by atoms with E-state index in [0.29, 0.717) is 12.2 Å². The van der Waals surface area contributed by atoms with Crippen LogP contribution in [0.15, 0.2) is 28.7 Å². The summed E-state index contributed by atoms with van der Waals surface area (Å²) in [5.41, 5.74) is -0.0862. The number of rotatable bonds is 7. The Kier molecular flexibility index (Phi) is 6.67. The van der Waals surface area contributed by atoms with Gasteiger partial charge in [-0.25, -0.2) is 4.98 Å². The molecule has 0 spiro atoms. The van der Waals surface area contributed by atoms with E-state index >= 15 is 0 Å². The number of aromatic nitrogens is 2. The standard InChI is InChI=1S/C13H17N3O4S/c1-4-5-14-12(19)8(2)21-13-15-9(6-10(17)16-13)7-11(18)20-3/h4,6,8H,1,5,7H2,2-3H3,(H,14,19)(H,15,16,17)/t8-/m1/s1. The van der Waals surface area contributed by atoms with Gasteiger partial charge in [-0.2, -0.15) is 0 Å². The molecule has 1 aromatic rings. The zero-order valence-electron chi connectivity index (χ0n) is 11.8. The first-order valence-electron chi connectivity index (χ1n) is 6.18. The van der Waals surface area contributed by atoms with E-state index in [-0.39, 0.29) is 23.0 Å². The molecule has 8 heteroatoms. The van der Waals surface area contributed by atoms with Crippen molar-refractivity contribution in [3.05, 3.63) is 34.8 Å². The molecule has 0 aliphatic rings. The van der Waals surface area contributed by atoms with Crippen molar-refractivity contribution in [2.24, 2.45) is 0 Å². The van der Waals surface area contributed by atoms with E-state index in [2.05, 4.69) is 26.6 Å². The van der Waals surface area contributed by atoms with Crippen molar-refractivity contribution in [3.63, 3.8) is 0 Å². The maximum atomic E-state index is 11.7. The summed E-state index contributed by atoms with van der Waals surface area (Å²) in [5.74, 6) is -0.679. The Morgan fingerprint density at radius 1 is 1.62 bits per heavy atom. The highest BCUT2D eigenvalue weighted by Crippen LogP contribution is 2.18. The Hall–Kier alpha value is -2.09. The number of thioether (sulfide) groups is 1. The molecule has 0 bridgehead atoms. The highest BCUT2D eigenvalue weighted by atomic mass is 32.2. The molecule has 0 unspecified atom stereocenters. The van der Waals surface area contributed by atoms with Crippen LogP contribution in [0, 0.1) is 0 Å². The van der Waals surface area contributed by atoms with Crippen LogP contribution < -0.4 is 10.9 Å². The molecular formula is C13H17N3O4S. The van der Waals surface area contributed by atoms with Crippen molar-refractivity contribution < 1.29 is 14.3 Å². The van der Waals surface area contributed by atoms with E-state index in [9.17, 15) is 14.4 Å². The summed E-state index contributed by atoms with van der Waals surface area (Å²) in [4.78, 5) is 41.1. The second kappa shape index (κ2) is 8.25. The Balaban J connectivity index is 2.78. The average Bonchev–Trinajstić information content (AvgIpc) is 2.43. The lowest BCUT2D eigenvalue weighted by Gasteiger charge is -2.10. The molecule has 21 heavy (non-hydrogen) atoms. The maximum Gasteiger partial charge on any atom is 0.311 e. The van der Waals surface area contributed by atoms with Crippen LogP contribution in [-0.2, 0) is 20.7 Å². The molecule has 1 aromatic heterocycles. The Bertz CT molecular complexity index is 585. The molecule has 7 nitrogen and oxygen atoms in total. The second-order valence-corrected chi connectivity index (χ2v) is 5.42. The molecular weight excluding hydrogens is 294 g/mol. The summed E-state index contributed by atoms with van der Waals surface area (Å²) in [6.07, 6.45) is 1.48. The fraction of sp³-hybridized carbons (Fsp3) is 0.385. The third-order valence-corrected chi connectivity index (χ3v) is 3.39. The van der Waals surface area contributed by atoms with Crippen LogP contribution in [0.3, 0.4) is 0 Å². The number of carbonyl (C=O) groups excluding carboxylic acids is 2. The van der Waals surface area contributed by atoms with Gasteiger partial charge in [-0.3, -0.25) is 14.4 Å². The molecule has 1 rings (SSSR count). The molecule has 0 saturated heterocycles. The zero-order valence-corrected chi connectivity index (χ0v) is 12.7. The highest BCUT2D eigenvalue weighted by molar-refractivity contribution is 8.00. The summed E-state index contributed by atoms with van der Waals surface area (Å²) in [7, 11) is 1.26. The minimum Gasteiger partial charge on any atom is -0.469 e. The van der Waals surface area contributed by atoms with Gasteiger partial charge >= 0.3 is 5.97 Å². The van der Waals surface area contributed by atoms with Gasteiger partial charge in [-0.15, -0.1) is 6.58 Å². The third-order valence-electron chi connectivity index (χ3n) is 2.40. The van der Waals surface area contributed by atoms with Gasteiger partial charge in [0.1, 0.15) is 0 Å². The Morgan fingerprint density at radius 2 is 2.33 bits per heavy atom. The number of amides is 1. The summed E-state index contributed by atoms with van der Waals surface area (Å²) < 4.78 is 4.53. The van der Waals surface area contributed by atoms with Gasteiger partial charge in [0, 0.05) is 12.6 Å². The molecule has 1 heterocycles. The van der Waals surface area contributed by atoms with Gasteiger partial charge in [0.15, 0.2) is 5.16 Å². The summed E-state index contributed by atoms with van der Waals surface area (Å²) >= 11 is 1.10. The van der Waals surface area contributed by atoms with Crippen LogP contribution in [0.5, 0.6) is 0 Å². The van der Waals surface area contributed by atoms with Crippen LogP contribution in [0.25, 0.3) is 0 Å². The number of nitrogens with one attached hydrogen (secondary N) is 2. The number of nitrogens with zero attached hydrogens (tertiary/aromatic N) is 1. The van der Waals surface area contributed by atoms with Crippen molar-refractivity contribution in [1.29, 1.82) is 0 Å². The number of hydrogen-bond acceptors (Lipinski definition) is 6. The van der Waals surface area contributed by atoms with E-state index in [1.165, 1.54) is 13.2 Å². The zero-order chi connectivity index (χ0) is 15.8. The number of carbonyl (C=O) groups is 2. The van der Waals surface area contributed by atoms with E-state index in [1.807, 2.05) is 0 Å². The molecule has 0 aliphatic heterocycles. The highest BCUT2D eigenvalue weighted by Gasteiger charge is 2.16. The molecule has 0 aliphatic carbocycles. The number of ether oxygens (including phenoxy) is 1. The number of esters is 1. The maximum absolute atomic E-state index is 11.7. The molecule has 1 atom stereocenters. The van der Waals surface area contributed by atoms with Gasteiger partial charge in [0.25, 0.3) is 5.56 Å². The monoisotopic (exact) mass is 311 g/mol. The minimum atomic E-state index is -0.485. The van der Waals surface area contributed by atoms with Crippen molar-refractivity contribution in [2.75, 3.05) is 13.7 Å². The third kappa shape index (κ3) is 5.82. The van der Waals surface area contributed by atoms with E-state index < -0.39 is 11.2 Å². The van der Waals surface area contributed by atoms with Crippen LogP contribution in [0.1, 0.15) is 12.6 Å². The van der Waals surface area contributed by atoms with Crippen molar-refractivity contribution in [3.8, 4) is 0 Å². The first kappa shape index (κ1) is 17.0. The van der Waals surface area contributed by atoms with E-state index in [1.54, 1.807) is 13.0 Å². The second-order valence-electron chi connectivity index (χ2n) is 4.09. The predicted octanol–water partition coefficient (Wildman–Crippen LogP) is 0.268. The molecule has 0 fully saturated rings. The van der Waals surface area contributed by atoms with Gasteiger partial charge in [0.05, 0.1) is 24.5 Å². The van der Waals surface area contributed by atoms with Crippen LogP contribution in [-0.4, -0.2) is 40.7 Å². The lowest BCUT2D eigenvalue weighted by atomic mass is 10.3. The number of aromatic amines is 1. The largest absolute Gasteiger partial charge is 0.469 e. The quantitative estimate of drug-likeness (QED) is 0.324. The van der Waals surface area contributed by atoms with Crippen molar-refractivity contribution in [2.45, 2.75) is 23.8 Å². The van der Waals surface area contributed by atoms with E-state index in [4.69, 9.17) is 0 Å². The van der Waals surface area contributed by atoms with Gasteiger partial charge in [-0.1, -0.05) is 17.8 Å². The van der Waals surface area contributed by atoms with E-state index in [0.717, 1.165) is 11.8 Å². The van der Waals surface area contributed by atoms with Crippen molar-refractivity contribution in [1.82, 2.24) is 15.3 Å². The first-order valence-corrected chi connectivity index (χ1v) is 7.06. The van der Waals surface area contributed by atoms with Crippen LogP contribution >= 0.6 is 11.8 Å². The van der Waals surface area contributed by atoms with Gasteiger partial charge in [0.2, 0.25) is 5.91 Å². The topological polar surface area (TPSA) is 101 Å². The summed E-state index contributed by atoms with van der Waals surface area (Å²) in [5, 5.41) is 2.49. The fourth-order valence-electron chi connectivity index (χ4n) is 1.39. The lowest BCUT2D eigenvalue weighted by molar-refractivity contribution is -0.139. The van der Waals surface area contributed by atoms with Crippen molar-refractivity contribution >= 4 is 23.6 Å². The first-order chi connectivity index (χ1) is 9.96. The molecule has 0 radical (unpaired) electrons. The molecule has 2 N–H and O–H groups in total. The SMILES string of the molecule is C=CCNC(=O)[C@@H](C)Sc1nc(CC(=O)OC)cc(=O)[nH]1. The number of methoxy groups -OCH3 is 1. The fourth-order valence-corrected chi connectivity index (χ4v) is 2.24. The Labute approximate surface area is 126 Å². The van der Waals surface area contributed by atoms with Gasteiger partial charge < -0.3 is 15.0 Å². The predicted molar refractivity (Wildman–Crippen MR) is 79.1 cm³/mol. The Morgan fingerprint density at radius 3 is 2.95 bits per heavy atom. The number of hydrogen-bond donors (Lipinski definition) is 2. The molecule has 114 valence electrons. The van der Waals surface area contributed by atoms with Crippen LogP contribution in [0.2, 0.25) is 0 Å². The lowest BCUT2D eigenvalue weighted by Crippen LogP contribution is -2.31. The summed E-state index contributed by atoms with van der Waals surface area (Å²) in [6.45, 7) is 5.57. The minimum absolute atomic E-state index is 0.0922. The number of H-pyrrole nitrogens is 1. The molecule has 0 aromatic carbocycles. The van der Waals surface area contributed by atoms with Gasteiger partial charge in [-0.05, 0) is 6.92 Å². The smallest absolute Gasteiger partial charge is 0.311 e. The average molecular weight is 311 g/mol. The summed E-state index contributed by atoms with van der Waals surface area (Å²) in [6, 6.07) is 1.23. The molecule has 0 saturated carbocycles. The normalized spacial score (nSPS) is 11.5.